The minimum atomic E-state index is -0.416. The van der Waals surface area contributed by atoms with Gasteiger partial charge in [-0.15, -0.1) is 0 Å². The van der Waals surface area contributed by atoms with E-state index in [0.717, 1.165) is 12.0 Å². The first-order valence-electron chi connectivity index (χ1n) is 9.10. The highest BCUT2D eigenvalue weighted by molar-refractivity contribution is 5.91. The number of aliphatic hydroxyl groups is 1. The maximum absolute atomic E-state index is 12.6. The van der Waals surface area contributed by atoms with E-state index in [2.05, 4.69) is 12.1 Å². The molecule has 1 aliphatic heterocycles. The third-order valence-electron chi connectivity index (χ3n) is 4.89. The van der Waals surface area contributed by atoms with Gasteiger partial charge in [-0.2, -0.15) is 0 Å². The van der Waals surface area contributed by atoms with Crippen molar-refractivity contribution >= 4 is 11.7 Å². The van der Waals surface area contributed by atoms with E-state index in [4.69, 9.17) is 10.5 Å². The van der Waals surface area contributed by atoms with E-state index < -0.39 is 5.97 Å². The first kappa shape index (κ1) is 18.1. The van der Waals surface area contributed by atoms with Crippen LogP contribution in [-0.4, -0.2) is 17.2 Å². The Kier molecular flexibility index (Phi) is 5.61. The van der Waals surface area contributed by atoms with Crippen LogP contribution < -0.4 is 5.73 Å². The standard InChI is InChI=1S/C22H25NO3/c1-2-19(16-9-6-10-17(23)13-16)21-20(24)14-18(26-22(21)25)12-11-15-7-4-3-5-8-15/h3-10,13,18-19,24H,2,11-12,14,23H2,1H3/t18-,19-/m1/s1. The number of ether oxygens (including phenoxy) is 1. The van der Waals surface area contributed by atoms with Gasteiger partial charge in [0.2, 0.25) is 0 Å². The Morgan fingerprint density at radius 2 is 1.96 bits per heavy atom. The van der Waals surface area contributed by atoms with Crippen LogP contribution in [0.1, 0.15) is 43.2 Å². The summed E-state index contributed by atoms with van der Waals surface area (Å²) >= 11 is 0. The molecule has 0 radical (unpaired) electrons. The zero-order valence-electron chi connectivity index (χ0n) is 15.0. The molecule has 1 heterocycles. The molecule has 0 aliphatic carbocycles. The van der Waals surface area contributed by atoms with Crippen LogP contribution in [0.5, 0.6) is 0 Å². The predicted molar refractivity (Wildman–Crippen MR) is 103 cm³/mol. The van der Waals surface area contributed by atoms with Crippen molar-refractivity contribution in [2.24, 2.45) is 0 Å². The number of benzene rings is 2. The lowest BCUT2D eigenvalue weighted by Crippen LogP contribution is -2.29. The summed E-state index contributed by atoms with van der Waals surface area (Å²) < 4.78 is 5.64. The smallest absolute Gasteiger partial charge is 0.338 e. The molecule has 0 aromatic heterocycles. The van der Waals surface area contributed by atoms with Gasteiger partial charge in [-0.1, -0.05) is 49.4 Å². The molecule has 0 spiro atoms. The van der Waals surface area contributed by atoms with Crippen molar-refractivity contribution in [2.75, 3.05) is 5.73 Å². The summed E-state index contributed by atoms with van der Waals surface area (Å²) in [4.78, 5) is 12.6. The molecule has 0 saturated heterocycles. The molecule has 26 heavy (non-hydrogen) atoms. The monoisotopic (exact) mass is 351 g/mol. The number of aryl methyl sites for hydroxylation is 1. The first-order valence-corrected chi connectivity index (χ1v) is 9.10. The van der Waals surface area contributed by atoms with Crippen LogP contribution in [-0.2, 0) is 16.0 Å². The number of nitrogen functional groups attached to an aromatic ring is 1. The second-order valence-corrected chi connectivity index (χ2v) is 6.75. The van der Waals surface area contributed by atoms with Crippen LogP contribution in [0.4, 0.5) is 5.69 Å². The zero-order chi connectivity index (χ0) is 18.5. The molecule has 0 bridgehead atoms. The highest BCUT2D eigenvalue weighted by atomic mass is 16.5. The molecular weight excluding hydrogens is 326 g/mol. The van der Waals surface area contributed by atoms with Crippen LogP contribution in [0, 0.1) is 0 Å². The van der Waals surface area contributed by atoms with Gasteiger partial charge in [0.05, 0.1) is 5.57 Å². The molecule has 3 rings (SSSR count). The van der Waals surface area contributed by atoms with E-state index in [9.17, 15) is 9.90 Å². The van der Waals surface area contributed by atoms with Crippen molar-refractivity contribution in [2.45, 2.75) is 44.6 Å². The van der Waals surface area contributed by atoms with Crippen molar-refractivity contribution in [1.29, 1.82) is 0 Å². The fraction of sp³-hybridized carbons (Fsp3) is 0.318. The highest BCUT2D eigenvalue weighted by Crippen LogP contribution is 2.35. The van der Waals surface area contributed by atoms with Gasteiger partial charge in [0.1, 0.15) is 11.9 Å². The molecule has 0 fully saturated rings. The molecule has 1 aliphatic rings. The fourth-order valence-electron chi connectivity index (χ4n) is 3.56. The van der Waals surface area contributed by atoms with Crippen molar-refractivity contribution in [1.82, 2.24) is 0 Å². The molecule has 4 heteroatoms. The normalized spacial score (nSPS) is 18.5. The molecule has 2 atom stereocenters. The van der Waals surface area contributed by atoms with Crippen LogP contribution >= 0.6 is 0 Å². The minimum Gasteiger partial charge on any atom is -0.512 e. The molecular formula is C22H25NO3. The molecule has 0 saturated carbocycles. The number of rotatable bonds is 6. The molecule has 2 aromatic rings. The Labute approximate surface area is 154 Å². The number of hydrogen-bond acceptors (Lipinski definition) is 4. The summed E-state index contributed by atoms with van der Waals surface area (Å²) in [5, 5.41) is 10.6. The van der Waals surface area contributed by atoms with Gasteiger partial charge in [-0.05, 0) is 42.5 Å². The number of esters is 1. The predicted octanol–water partition coefficient (Wildman–Crippen LogP) is 4.52. The maximum atomic E-state index is 12.6. The summed E-state index contributed by atoms with van der Waals surface area (Å²) in [6.45, 7) is 1.99. The van der Waals surface area contributed by atoms with Crippen LogP contribution in [0.3, 0.4) is 0 Å². The van der Waals surface area contributed by atoms with Gasteiger partial charge in [0, 0.05) is 18.0 Å². The number of aliphatic hydroxyl groups excluding tert-OH is 1. The third-order valence-corrected chi connectivity index (χ3v) is 4.89. The zero-order valence-corrected chi connectivity index (χ0v) is 15.0. The van der Waals surface area contributed by atoms with E-state index in [-0.39, 0.29) is 17.8 Å². The van der Waals surface area contributed by atoms with Crippen LogP contribution in [0.2, 0.25) is 0 Å². The largest absolute Gasteiger partial charge is 0.512 e. The van der Waals surface area contributed by atoms with Gasteiger partial charge < -0.3 is 15.6 Å². The molecule has 0 amide bonds. The number of carbonyl (C=O) groups is 1. The fourth-order valence-corrected chi connectivity index (χ4v) is 3.56. The average Bonchev–Trinajstić information content (AvgIpc) is 2.64. The average molecular weight is 351 g/mol. The Bertz CT molecular complexity index is 798. The number of cyclic esters (lactones) is 1. The third kappa shape index (κ3) is 4.07. The first-order chi connectivity index (χ1) is 12.6. The lowest BCUT2D eigenvalue weighted by atomic mass is 9.85. The molecule has 0 unspecified atom stereocenters. The van der Waals surface area contributed by atoms with Crippen molar-refractivity contribution in [3.63, 3.8) is 0 Å². The van der Waals surface area contributed by atoms with E-state index in [1.54, 1.807) is 0 Å². The van der Waals surface area contributed by atoms with E-state index >= 15 is 0 Å². The van der Waals surface area contributed by atoms with Gasteiger partial charge in [-0.3, -0.25) is 0 Å². The lowest BCUT2D eigenvalue weighted by Gasteiger charge is -2.28. The van der Waals surface area contributed by atoms with E-state index in [1.807, 2.05) is 49.4 Å². The van der Waals surface area contributed by atoms with Gasteiger partial charge in [0.25, 0.3) is 0 Å². The maximum Gasteiger partial charge on any atom is 0.338 e. The van der Waals surface area contributed by atoms with Crippen molar-refractivity contribution < 1.29 is 14.6 Å². The summed E-state index contributed by atoms with van der Waals surface area (Å²) in [6.07, 6.45) is 2.28. The van der Waals surface area contributed by atoms with Gasteiger partial charge in [-0.25, -0.2) is 4.79 Å². The SMILES string of the molecule is CC[C@@H](C1=C(O)C[C@@H](CCc2ccccc2)OC1=O)c1cccc(N)c1. The number of anilines is 1. The Balaban J connectivity index is 1.75. The Morgan fingerprint density at radius 1 is 1.19 bits per heavy atom. The number of nitrogens with two attached hydrogens (primary N) is 1. The van der Waals surface area contributed by atoms with E-state index in [0.29, 0.717) is 30.5 Å². The molecule has 136 valence electrons. The summed E-state index contributed by atoms with van der Waals surface area (Å²) in [7, 11) is 0. The quantitative estimate of drug-likeness (QED) is 0.593. The van der Waals surface area contributed by atoms with Crippen LogP contribution in [0.25, 0.3) is 0 Å². The molecule has 3 N–H and O–H groups in total. The Morgan fingerprint density at radius 3 is 2.62 bits per heavy atom. The Hall–Kier alpha value is -2.75. The van der Waals surface area contributed by atoms with Crippen LogP contribution in [0.15, 0.2) is 65.9 Å². The molecule has 4 nitrogen and oxygen atoms in total. The van der Waals surface area contributed by atoms with Gasteiger partial charge in [0.15, 0.2) is 0 Å². The summed E-state index contributed by atoms with van der Waals surface area (Å²) in [5.41, 5.74) is 9.01. The number of carbonyl (C=O) groups excluding carboxylic acids is 1. The minimum absolute atomic E-state index is 0.147. The summed E-state index contributed by atoms with van der Waals surface area (Å²) in [6, 6.07) is 17.5. The highest BCUT2D eigenvalue weighted by Gasteiger charge is 2.33. The molecule has 2 aromatic carbocycles. The second-order valence-electron chi connectivity index (χ2n) is 6.75. The van der Waals surface area contributed by atoms with Gasteiger partial charge >= 0.3 is 5.97 Å². The topological polar surface area (TPSA) is 72.5 Å². The summed E-state index contributed by atoms with van der Waals surface area (Å²) in [5.74, 6) is -0.476. The van der Waals surface area contributed by atoms with Crippen molar-refractivity contribution in [3.8, 4) is 0 Å². The lowest BCUT2D eigenvalue weighted by molar-refractivity contribution is -0.147. The van der Waals surface area contributed by atoms with Crippen molar-refractivity contribution in [3.05, 3.63) is 77.1 Å². The number of hydrogen-bond donors (Lipinski definition) is 2. The second kappa shape index (κ2) is 8.09. The van der Waals surface area contributed by atoms with E-state index in [1.165, 1.54) is 5.56 Å².